The minimum absolute atomic E-state index is 0.328. The summed E-state index contributed by atoms with van der Waals surface area (Å²) in [7, 11) is 0. The molecule has 0 fully saturated rings. The monoisotopic (exact) mass is 274 g/mol. The van der Waals surface area contributed by atoms with E-state index in [2.05, 4.69) is 0 Å². The molecule has 19 heavy (non-hydrogen) atoms. The van der Waals surface area contributed by atoms with Crippen molar-refractivity contribution in [1.29, 1.82) is 0 Å². The van der Waals surface area contributed by atoms with Gasteiger partial charge in [-0.1, -0.05) is 18.6 Å². The highest BCUT2D eigenvalue weighted by molar-refractivity contribution is 5.67. The maximum absolute atomic E-state index is 13.2. The Balaban J connectivity index is 2.40. The number of halogens is 4. The van der Waals surface area contributed by atoms with Gasteiger partial charge in [-0.05, 0) is 42.5 Å². The maximum atomic E-state index is 13.2. The molecule has 104 valence electrons. The van der Waals surface area contributed by atoms with Crippen molar-refractivity contribution in [3.63, 3.8) is 0 Å². The lowest BCUT2D eigenvalue weighted by molar-refractivity contribution is -0.140. The molecule has 0 amide bonds. The molecule has 1 aliphatic rings. The number of aliphatic hydroxyl groups excluding tert-OH is 1. The van der Waals surface area contributed by atoms with Gasteiger partial charge in [0.15, 0.2) is 0 Å². The topological polar surface area (TPSA) is 20.2 Å². The smallest absolute Gasteiger partial charge is 0.389 e. The summed E-state index contributed by atoms with van der Waals surface area (Å²) < 4.78 is 51.1. The Kier molecular flexibility index (Phi) is 3.94. The summed E-state index contributed by atoms with van der Waals surface area (Å²) in [6.45, 7) is 0. The van der Waals surface area contributed by atoms with E-state index < -0.39 is 23.7 Å². The number of allylic oxidation sites excluding steroid dienone is 1. The Morgan fingerprint density at radius 3 is 2.58 bits per heavy atom. The molecule has 1 N–H and O–H groups in total. The van der Waals surface area contributed by atoms with E-state index in [0.717, 1.165) is 25.0 Å². The van der Waals surface area contributed by atoms with Crippen molar-refractivity contribution >= 4 is 5.57 Å². The Bertz CT molecular complexity index is 491. The number of benzene rings is 1. The SMILES string of the molecule is OC1C=C(c2ccc(F)c(C(F)(F)F)c2)CCCC1. The zero-order valence-corrected chi connectivity index (χ0v) is 10.2. The Labute approximate surface area is 108 Å². The van der Waals surface area contributed by atoms with E-state index in [1.54, 1.807) is 6.08 Å². The third-order valence-corrected chi connectivity index (χ3v) is 3.23. The molecule has 1 nitrogen and oxygen atoms in total. The van der Waals surface area contributed by atoms with Gasteiger partial charge in [-0.3, -0.25) is 0 Å². The predicted molar refractivity (Wildman–Crippen MR) is 63.9 cm³/mol. The van der Waals surface area contributed by atoms with Gasteiger partial charge in [-0.15, -0.1) is 0 Å². The number of alkyl halides is 3. The molecule has 0 bridgehead atoms. The summed E-state index contributed by atoms with van der Waals surface area (Å²) in [4.78, 5) is 0. The number of aliphatic hydroxyl groups is 1. The third-order valence-electron chi connectivity index (χ3n) is 3.23. The van der Waals surface area contributed by atoms with Crippen LogP contribution in [0.15, 0.2) is 24.3 Å². The van der Waals surface area contributed by atoms with E-state index >= 15 is 0 Å². The lowest BCUT2D eigenvalue weighted by Crippen LogP contribution is -2.09. The molecule has 1 atom stereocenters. The summed E-state index contributed by atoms with van der Waals surface area (Å²) in [5.41, 5.74) is -0.283. The van der Waals surface area contributed by atoms with Crippen LogP contribution >= 0.6 is 0 Å². The second-order valence-electron chi connectivity index (χ2n) is 4.70. The van der Waals surface area contributed by atoms with Gasteiger partial charge in [-0.25, -0.2) is 4.39 Å². The van der Waals surface area contributed by atoms with Crippen molar-refractivity contribution in [1.82, 2.24) is 0 Å². The summed E-state index contributed by atoms with van der Waals surface area (Å²) >= 11 is 0. The molecule has 0 heterocycles. The zero-order chi connectivity index (χ0) is 14.0. The molecular weight excluding hydrogens is 260 g/mol. The van der Waals surface area contributed by atoms with Crippen LogP contribution in [0.2, 0.25) is 0 Å². The van der Waals surface area contributed by atoms with Crippen LogP contribution in [-0.4, -0.2) is 11.2 Å². The molecule has 0 aliphatic heterocycles. The summed E-state index contributed by atoms with van der Waals surface area (Å²) in [6, 6.07) is 2.98. The molecule has 0 radical (unpaired) electrons. The lowest BCUT2D eigenvalue weighted by atomic mass is 9.98. The number of hydrogen-bond acceptors (Lipinski definition) is 1. The van der Waals surface area contributed by atoms with Gasteiger partial charge in [0.05, 0.1) is 11.7 Å². The standard InChI is InChI=1S/C14H14F4O/c15-13-6-5-10(8-12(13)14(16,17)18)9-3-1-2-4-11(19)7-9/h5-8,11,19H,1-4H2. The minimum atomic E-state index is -4.70. The molecule has 0 saturated heterocycles. The van der Waals surface area contributed by atoms with Gasteiger partial charge in [0.2, 0.25) is 0 Å². The van der Waals surface area contributed by atoms with E-state index in [9.17, 15) is 22.7 Å². The first-order valence-electron chi connectivity index (χ1n) is 6.14. The summed E-state index contributed by atoms with van der Waals surface area (Å²) in [6.07, 6.45) is -0.936. The third kappa shape index (κ3) is 3.35. The van der Waals surface area contributed by atoms with E-state index in [1.807, 2.05) is 0 Å². The molecule has 0 aromatic heterocycles. The van der Waals surface area contributed by atoms with Crippen LogP contribution in [0.25, 0.3) is 5.57 Å². The van der Waals surface area contributed by atoms with Gasteiger partial charge < -0.3 is 5.11 Å². The molecule has 1 aromatic rings. The fraction of sp³-hybridized carbons (Fsp3) is 0.429. The van der Waals surface area contributed by atoms with Crippen LogP contribution in [-0.2, 0) is 6.18 Å². The Morgan fingerprint density at radius 1 is 1.16 bits per heavy atom. The van der Waals surface area contributed by atoms with Crippen molar-refractivity contribution in [3.8, 4) is 0 Å². The van der Waals surface area contributed by atoms with Crippen LogP contribution in [0.3, 0.4) is 0 Å². The minimum Gasteiger partial charge on any atom is -0.389 e. The van der Waals surface area contributed by atoms with E-state index in [4.69, 9.17) is 0 Å². The molecule has 1 aliphatic carbocycles. The average molecular weight is 274 g/mol. The molecule has 0 spiro atoms. The lowest BCUT2D eigenvalue weighted by Gasteiger charge is -2.12. The van der Waals surface area contributed by atoms with Gasteiger partial charge in [0.1, 0.15) is 5.82 Å². The van der Waals surface area contributed by atoms with E-state index in [0.29, 0.717) is 24.0 Å². The van der Waals surface area contributed by atoms with Crippen LogP contribution in [0.5, 0.6) is 0 Å². The van der Waals surface area contributed by atoms with Crippen LogP contribution in [0, 0.1) is 5.82 Å². The van der Waals surface area contributed by atoms with Gasteiger partial charge in [0, 0.05) is 0 Å². The second kappa shape index (κ2) is 5.33. The molecule has 1 aromatic carbocycles. The predicted octanol–water partition coefficient (Wildman–Crippen LogP) is 4.16. The number of hydrogen-bond donors (Lipinski definition) is 1. The normalized spacial score (nSPS) is 20.9. The zero-order valence-electron chi connectivity index (χ0n) is 10.2. The van der Waals surface area contributed by atoms with Crippen LogP contribution in [0.4, 0.5) is 17.6 Å². The van der Waals surface area contributed by atoms with Gasteiger partial charge >= 0.3 is 6.18 Å². The number of rotatable bonds is 1. The van der Waals surface area contributed by atoms with Crippen LogP contribution < -0.4 is 0 Å². The second-order valence-corrected chi connectivity index (χ2v) is 4.70. The first-order valence-corrected chi connectivity index (χ1v) is 6.14. The fourth-order valence-electron chi connectivity index (χ4n) is 2.25. The summed E-state index contributed by atoms with van der Waals surface area (Å²) in [5.74, 6) is -1.27. The molecule has 5 heteroatoms. The van der Waals surface area contributed by atoms with Crippen molar-refractivity contribution < 1.29 is 22.7 Å². The van der Waals surface area contributed by atoms with E-state index in [1.165, 1.54) is 6.07 Å². The van der Waals surface area contributed by atoms with Crippen molar-refractivity contribution in [2.75, 3.05) is 0 Å². The Morgan fingerprint density at radius 2 is 1.89 bits per heavy atom. The quantitative estimate of drug-likeness (QED) is 0.762. The van der Waals surface area contributed by atoms with Gasteiger partial charge in [-0.2, -0.15) is 13.2 Å². The molecule has 1 unspecified atom stereocenters. The fourth-order valence-corrected chi connectivity index (χ4v) is 2.25. The first-order chi connectivity index (χ1) is 8.88. The molecule has 0 saturated carbocycles. The highest BCUT2D eigenvalue weighted by Crippen LogP contribution is 2.34. The van der Waals surface area contributed by atoms with Crippen molar-refractivity contribution in [2.24, 2.45) is 0 Å². The van der Waals surface area contributed by atoms with Crippen molar-refractivity contribution in [3.05, 3.63) is 41.2 Å². The first kappa shape index (κ1) is 14.1. The van der Waals surface area contributed by atoms with Gasteiger partial charge in [0.25, 0.3) is 0 Å². The maximum Gasteiger partial charge on any atom is 0.419 e. The van der Waals surface area contributed by atoms with Crippen LogP contribution in [0.1, 0.15) is 36.8 Å². The highest BCUT2D eigenvalue weighted by Gasteiger charge is 2.34. The van der Waals surface area contributed by atoms with Crippen molar-refractivity contribution in [2.45, 2.75) is 38.0 Å². The largest absolute Gasteiger partial charge is 0.419 e. The molecule has 2 rings (SSSR count). The Hall–Kier alpha value is -1.36. The average Bonchev–Trinajstić information content (AvgIpc) is 2.53. The summed E-state index contributed by atoms with van der Waals surface area (Å²) in [5, 5.41) is 9.63. The molecular formula is C14H14F4O. The highest BCUT2D eigenvalue weighted by atomic mass is 19.4. The van der Waals surface area contributed by atoms with E-state index in [-0.39, 0.29) is 0 Å².